The molecule has 0 atom stereocenters. The number of pyridine rings is 1. The van der Waals surface area contributed by atoms with Crippen LogP contribution in [0.25, 0.3) is 0 Å². The van der Waals surface area contributed by atoms with Crippen molar-refractivity contribution in [3.63, 3.8) is 0 Å². The molecule has 2 N–H and O–H groups in total. The smallest absolute Gasteiger partial charge is 0.407 e. The second kappa shape index (κ2) is 9.74. The topological polar surface area (TPSA) is 101 Å². The Bertz CT molecular complexity index is 642. The van der Waals surface area contributed by atoms with Crippen LogP contribution in [0.2, 0.25) is 0 Å². The van der Waals surface area contributed by atoms with Gasteiger partial charge >= 0.3 is 6.09 Å². The summed E-state index contributed by atoms with van der Waals surface area (Å²) in [7, 11) is 0. The molecule has 2 rings (SSSR count). The molecule has 0 spiro atoms. The molecule has 1 fully saturated rings. The van der Waals surface area contributed by atoms with Crippen LogP contribution in [-0.4, -0.2) is 54.0 Å². The van der Waals surface area contributed by atoms with Gasteiger partial charge in [0, 0.05) is 38.2 Å². The van der Waals surface area contributed by atoms with Crippen molar-refractivity contribution in [1.29, 1.82) is 0 Å². The Morgan fingerprint density at radius 2 is 2.04 bits per heavy atom. The highest BCUT2D eigenvalue weighted by Gasteiger charge is 2.27. The van der Waals surface area contributed by atoms with Crippen LogP contribution in [0, 0.1) is 12.8 Å². The number of hydrogen-bond donors (Lipinski definition) is 2. The number of likely N-dealkylation sites (tertiary alicyclic amines) is 1. The van der Waals surface area contributed by atoms with Gasteiger partial charge in [0.15, 0.2) is 0 Å². The van der Waals surface area contributed by atoms with Crippen LogP contribution in [0.5, 0.6) is 0 Å². The van der Waals surface area contributed by atoms with Gasteiger partial charge in [-0.05, 0) is 44.4 Å². The first-order valence-electron chi connectivity index (χ1n) is 8.91. The van der Waals surface area contributed by atoms with Gasteiger partial charge in [-0.3, -0.25) is 9.59 Å². The van der Waals surface area contributed by atoms with E-state index in [9.17, 15) is 14.4 Å². The number of carbonyl (C=O) groups is 3. The van der Waals surface area contributed by atoms with Crippen LogP contribution in [-0.2, 0) is 14.3 Å². The summed E-state index contributed by atoms with van der Waals surface area (Å²) in [5, 5.41) is 5.37. The number of piperidine rings is 1. The summed E-state index contributed by atoms with van der Waals surface area (Å²) in [4.78, 5) is 41.6. The highest BCUT2D eigenvalue weighted by atomic mass is 16.5. The van der Waals surface area contributed by atoms with Crippen molar-refractivity contribution in [3.05, 3.63) is 23.9 Å². The molecular weight excluding hydrogens is 336 g/mol. The molecule has 0 saturated carbocycles. The lowest BCUT2D eigenvalue weighted by atomic mass is 9.95. The molecule has 8 heteroatoms. The maximum Gasteiger partial charge on any atom is 0.407 e. The summed E-state index contributed by atoms with van der Waals surface area (Å²) in [6.07, 6.45) is 2.61. The summed E-state index contributed by atoms with van der Waals surface area (Å²) in [6.45, 7) is 5.29. The molecule has 1 aromatic rings. The van der Waals surface area contributed by atoms with Gasteiger partial charge in [-0.15, -0.1) is 0 Å². The van der Waals surface area contributed by atoms with Crippen molar-refractivity contribution < 1.29 is 19.1 Å². The predicted molar refractivity (Wildman–Crippen MR) is 96.5 cm³/mol. The van der Waals surface area contributed by atoms with Crippen LogP contribution in [0.1, 0.15) is 31.7 Å². The Kier molecular flexibility index (Phi) is 7.37. The number of amides is 3. The van der Waals surface area contributed by atoms with Gasteiger partial charge in [0.05, 0.1) is 6.61 Å². The average Bonchev–Trinajstić information content (AvgIpc) is 2.62. The number of nitrogens with one attached hydrogen (secondary N) is 2. The first-order chi connectivity index (χ1) is 12.5. The lowest BCUT2D eigenvalue weighted by molar-refractivity contribution is -0.134. The SMILES string of the molecule is CCOC(=O)NCCC(=O)N1CCC(C(=O)Nc2cc(C)ccn2)CC1. The van der Waals surface area contributed by atoms with E-state index in [-0.39, 0.29) is 30.7 Å². The first-order valence-corrected chi connectivity index (χ1v) is 8.91. The van der Waals surface area contributed by atoms with Crippen LogP contribution >= 0.6 is 0 Å². The highest BCUT2D eigenvalue weighted by Crippen LogP contribution is 2.19. The van der Waals surface area contributed by atoms with E-state index in [0.717, 1.165) is 5.56 Å². The standard InChI is InChI=1S/C18H26N4O4/c1-3-26-18(25)20-9-5-16(23)22-10-6-14(7-11-22)17(24)21-15-12-13(2)4-8-19-15/h4,8,12,14H,3,5-7,9-11H2,1-2H3,(H,20,25)(H,19,21,24). The number of carbonyl (C=O) groups excluding carboxylic acids is 3. The van der Waals surface area contributed by atoms with Crippen molar-refractivity contribution >= 4 is 23.7 Å². The summed E-state index contributed by atoms with van der Waals surface area (Å²) < 4.78 is 4.74. The Hall–Kier alpha value is -2.64. The predicted octanol–water partition coefficient (Wildman–Crippen LogP) is 1.70. The largest absolute Gasteiger partial charge is 0.450 e. The zero-order valence-corrected chi connectivity index (χ0v) is 15.3. The van der Waals surface area contributed by atoms with E-state index >= 15 is 0 Å². The van der Waals surface area contributed by atoms with Crippen molar-refractivity contribution in [1.82, 2.24) is 15.2 Å². The van der Waals surface area contributed by atoms with Gasteiger partial charge < -0.3 is 20.3 Å². The molecule has 2 heterocycles. The summed E-state index contributed by atoms with van der Waals surface area (Å²) in [5.41, 5.74) is 1.03. The molecule has 0 aliphatic carbocycles. The van der Waals surface area contributed by atoms with Crippen molar-refractivity contribution in [2.75, 3.05) is 31.6 Å². The van der Waals surface area contributed by atoms with Crippen LogP contribution in [0.15, 0.2) is 18.3 Å². The molecule has 0 unspecified atom stereocenters. The monoisotopic (exact) mass is 362 g/mol. The zero-order chi connectivity index (χ0) is 18.9. The normalized spacial score (nSPS) is 14.6. The fourth-order valence-corrected chi connectivity index (χ4v) is 2.84. The van der Waals surface area contributed by atoms with Gasteiger partial charge in [0.1, 0.15) is 5.82 Å². The third kappa shape index (κ3) is 6.02. The minimum Gasteiger partial charge on any atom is -0.450 e. The number of anilines is 1. The number of nitrogens with zero attached hydrogens (tertiary/aromatic N) is 2. The van der Waals surface area contributed by atoms with E-state index in [0.29, 0.717) is 38.4 Å². The van der Waals surface area contributed by atoms with Gasteiger partial charge in [-0.1, -0.05) is 0 Å². The Morgan fingerprint density at radius 3 is 2.69 bits per heavy atom. The van der Waals surface area contributed by atoms with Crippen LogP contribution < -0.4 is 10.6 Å². The first kappa shape index (κ1) is 19.7. The molecule has 0 aromatic carbocycles. The molecule has 142 valence electrons. The number of hydrogen-bond acceptors (Lipinski definition) is 5. The van der Waals surface area contributed by atoms with Crippen molar-refractivity contribution in [2.24, 2.45) is 5.92 Å². The second-order valence-corrected chi connectivity index (χ2v) is 6.26. The fraction of sp³-hybridized carbons (Fsp3) is 0.556. The molecule has 0 bridgehead atoms. The number of aromatic nitrogens is 1. The summed E-state index contributed by atoms with van der Waals surface area (Å²) in [6, 6.07) is 3.70. The second-order valence-electron chi connectivity index (χ2n) is 6.26. The van der Waals surface area contributed by atoms with Crippen LogP contribution in [0.3, 0.4) is 0 Å². The molecular formula is C18H26N4O4. The van der Waals surface area contributed by atoms with E-state index in [1.807, 2.05) is 19.1 Å². The molecule has 1 aromatic heterocycles. The molecule has 1 aliphatic rings. The van der Waals surface area contributed by atoms with Crippen molar-refractivity contribution in [3.8, 4) is 0 Å². The summed E-state index contributed by atoms with van der Waals surface area (Å²) in [5.74, 6) is 0.345. The number of alkyl carbamates (subject to hydrolysis) is 1. The minimum absolute atomic E-state index is 0.0268. The molecule has 1 aliphatic heterocycles. The van der Waals surface area contributed by atoms with E-state index in [4.69, 9.17) is 4.74 Å². The Balaban J connectivity index is 1.71. The average molecular weight is 362 g/mol. The molecule has 8 nitrogen and oxygen atoms in total. The fourth-order valence-electron chi connectivity index (χ4n) is 2.84. The van der Waals surface area contributed by atoms with Gasteiger partial charge in [-0.2, -0.15) is 0 Å². The van der Waals surface area contributed by atoms with Crippen molar-refractivity contribution in [2.45, 2.75) is 33.1 Å². The Morgan fingerprint density at radius 1 is 1.31 bits per heavy atom. The lowest BCUT2D eigenvalue weighted by Gasteiger charge is -2.31. The number of ether oxygens (including phenoxy) is 1. The molecule has 0 radical (unpaired) electrons. The highest BCUT2D eigenvalue weighted by molar-refractivity contribution is 5.92. The van der Waals surface area contributed by atoms with E-state index in [1.165, 1.54) is 0 Å². The zero-order valence-electron chi connectivity index (χ0n) is 15.3. The third-order valence-electron chi connectivity index (χ3n) is 4.27. The molecule has 1 saturated heterocycles. The Labute approximate surface area is 153 Å². The molecule has 3 amide bonds. The maximum absolute atomic E-state index is 12.3. The number of aryl methyl sites for hydroxylation is 1. The summed E-state index contributed by atoms with van der Waals surface area (Å²) >= 11 is 0. The van der Waals surface area contributed by atoms with Crippen LogP contribution in [0.4, 0.5) is 10.6 Å². The van der Waals surface area contributed by atoms with E-state index in [2.05, 4.69) is 15.6 Å². The molecule has 26 heavy (non-hydrogen) atoms. The number of rotatable bonds is 6. The van der Waals surface area contributed by atoms with Gasteiger partial charge in [0.2, 0.25) is 11.8 Å². The quantitative estimate of drug-likeness (QED) is 0.802. The van der Waals surface area contributed by atoms with E-state index < -0.39 is 6.09 Å². The lowest BCUT2D eigenvalue weighted by Crippen LogP contribution is -2.42. The van der Waals surface area contributed by atoms with Gasteiger partial charge in [-0.25, -0.2) is 9.78 Å². The van der Waals surface area contributed by atoms with Gasteiger partial charge in [0.25, 0.3) is 0 Å². The third-order valence-corrected chi connectivity index (χ3v) is 4.27. The maximum atomic E-state index is 12.3. The minimum atomic E-state index is -0.513. The van der Waals surface area contributed by atoms with E-state index in [1.54, 1.807) is 18.0 Å².